The van der Waals surface area contributed by atoms with Gasteiger partial charge in [-0.25, -0.2) is 15.0 Å². The summed E-state index contributed by atoms with van der Waals surface area (Å²) in [6.45, 7) is 6.64. The quantitative estimate of drug-likeness (QED) is 0.874. The Morgan fingerprint density at radius 2 is 2.16 bits per heavy atom. The Morgan fingerprint density at radius 1 is 1.32 bits per heavy atom. The topological polar surface area (TPSA) is 72.9 Å². The van der Waals surface area contributed by atoms with Crippen LogP contribution < -0.4 is 10.6 Å². The molecule has 2 N–H and O–H groups in total. The number of nitrogens with two attached hydrogens (primary N) is 1. The molecule has 0 atom stereocenters. The summed E-state index contributed by atoms with van der Waals surface area (Å²) in [5.74, 6) is 3.39. The van der Waals surface area contributed by atoms with Gasteiger partial charge in [0.05, 0.1) is 6.54 Å². The first-order valence-electron chi connectivity index (χ1n) is 6.57. The summed E-state index contributed by atoms with van der Waals surface area (Å²) in [5.41, 5.74) is 6.94. The monoisotopic (exact) mass is 258 g/mol. The molecule has 1 aliphatic heterocycles. The summed E-state index contributed by atoms with van der Waals surface area (Å²) >= 11 is 0. The molecule has 2 aromatic heterocycles. The van der Waals surface area contributed by atoms with Gasteiger partial charge in [-0.1, -0.05) is 6.92 Å². The van der Waals surface area contributed by atoms with Crippen LogP contribution in [0, 0.1) is 6.92 Å². The zero-order chi connectivity index (χ0) is 13.4. The van der Waals surface area contributed by atoms with E-state index in [0.29, 0.717) is 5.82 Å². The maximum absolute atomic E-state index is 5.98. The van der Waals surface area contributed by atoms with E-state index in [1.165, 1.54) is 0 Å². The van der Waals surface area contributed by atoms with E-state index in [-0.39, 0.29) is 0 Å². The standard InChI is InChI=1S/C13H18N6/c1-3-10-16-12(14)9(2)13(17-10)19-7-6-18-5-4-15-11(18)8-19/h4-5H,3,6-8H2,1-2H3,(H2,14,16,17). The van der Waals surface area contributed by atoms with Crippen molar-refractivity contribution in [3.05, 3.63) is 29.6 Å². The minimum absolute atomic E-state index is 0.579. The number of hydrogen-bond donors (Lipinski definition) is 1. The lowest BCUT2D eigenvalue weighted by atomic mass is 10.2. The highest BCUT2D eigenvalue weighted by atomic mass is 15.3. The van der Waals surface area contributed by atoms with Crippen molar-refractivity contribution < 1.29 is 0 Å². The van der Waals surface area contributed by atoms with Crippen LogP contribution in [0.25, 0.3) is 0 Å². The average molecular weight is 258 g/mol. The Balaban J connectivity index is 1.97. The number of nitrogen functional groups attached to an aromatic ring is 1. The van der Waals surface area contributed by atoms with Gasteiger partial charge in [-0.15, -0.1) is 0 Å². The zero-order valence-corrected chi connectivity index (χ0v) is 11.3. The average Bonchev–Trinajstić information content (AvgIpc) is 2.88. The van der Waals surface area contributed by atoms with Gasteiger partial charge in [0.1, 0.15) is 23.3 Å². The number of rotatable bonds is 2. The second kappa shape index (κ2) is 4.53. The minimum atomic E-state index is 0.579. The predicted octanol–water partition coefficient (Wildman–Crippen LogP) is 1.15. The Morgan fingerprint density at radius 3 is 2.95 bits per heavy atom. The summed E-state index contributed by atoms with van der Waals surface area (Å²) in [4.78, 5) is 15.5. The van der Waals surface area contributed by atoms with E-state index in [1.54, 1.807) is 0 Å². The molecule has 0 amide bonds. The molecule has 6 nitrogen and oxygen atoms in total. The number of hydrogen-bond acceptors (Lipinski definition) is 5. The van der Waals surface area contributed by atoms with Crippen molar-refractivity contribution in [2.45, 2.75) is 33.4 Å². The number of aromatic nitrogens is 4. The van der Waals surface area contributed by atoms with Crippen LogP contribution in [0.3, 0.4) is 0 Å². The highest BCUT2D eigenvalue weighted by Crippen LogP contribution is 2.25. The van der Waals surface area contributed by atoms with Crippen LogP contribution in [0.15, 0.2) is 12.4 Å². The van der Waals surface area contributed by atoms with Crippen molar-refractivity contribution in [2.24, 2.45) is 0 Å². The van der Waals surface area contributed by atoms with Crippen molar-refractivity contribution in [1.29, 1.82) is 0 Å². The molecule has 1 aliphatic rings. The van der Waals surface area contributed by atoms with Crippen molar-refractivity contribution in [2.75, 3.05) is 17.2 Å². The maximum atomic E-state index is 5.98. The van der Waals surface area contributed by atoms with Crippen LogP contribution in [-0.2, 0) is 19.5 Å². The molecule has 3 heterocycles. The van der Waals surface area contributed by atoms with E-state index in [4.69, 9.17) is 5.73 Å². The first kappa shape index (κ1) is 12.0. The fourth-order valence-electron chi connectivity index (χ4n) is 2.39. The molecule has 0 unspecified atom stereocenters. The lowest BCUT2D eigenvalue weighted by Crippen LogP contribution is -2.35. The number of imidazole rings is 1. The van der Waals surface area contributed by atoms with Gasteiger partial charge >= 0.3 is 0 Å². The molecule has 0 spiro atoms. The Kier molecular flexibility index (Phi) is 2.85. The summed E-state index contributed by atoms with van der Waals surface area (Å²) in [6.07, 6.45) is 4.66. The molecule has 0 saturated carbocycles. The fraction of sp³-hybridized carbons (Fsp3) is 0.462. The predicted molar refractivity (Wildman–Crippen MR) is 73.8 cm³/mol. The maximum Gasteiger partial charge on any atom is 0.137 e. The van der Waals surface area contributed by atoms with Gasteiger partial charge in [0.15, 0.2) is 0 Å². The van der Waals surface area contributed by atoms with Crippen molar-refractivity contribution in [3.8, 4) is 0 Å². The second-order valence-corrected chi connectivity index (χ2v) is 4.79. The third kappa shape index (κ3) is 2.03. The highest BCUT2D eigenvalue weighted by Gasteiger charge is 2.21. The van der Waals surface area contributed by atoms with Gasteiger partial charge < -0.3 is 15.2 Å². The first-order valence-corrected chi connectivity index (χ1v) is 6.57. The summed E-state index contributed by atoms with van der Waals surface area (Å²) in [6, 6.07) is 0. The van der Waals surface area contributed by atoms with Crippen LogP contribution in [0.1, 0.15) is 24.1 Å². The van der Waals surface area contributed by atoms with Crippen molar-refractivity contribution in [3.63, 3.8) is 0 Å². The lowest BCUT2D eigenvalue weighted by Gasteiger charge is -2.30. The van der Waals surface area contributed by atoms with Gasteiger partial charge in [-0.2, -0.15) is 0 Å². The first-order chi connectivity index (χ1) is 9.19. The van der Waals surface area contributed by atoms with E-state index in [2.05, 4.69) is 24.4 Å². The molecule has 0 aromatic carbocycles. The van der Waals surface area contributed by atoms with Crippen molar-refractivity contribution in [1.82, 2.24) is 19.5 Å². The lowest BCUT2D eigenvalue weighted by molar-refractivity contribution is 0.554. The van der Waals surface area contributed by atoms with E-state index >= 15 is 0 Å². The normalized spacial score (nSPS) is 14.5. The molecule has 0 saturated heterocycles. The van der Waals surface area contributed by atoms with Crippen LogP contribution in [0.5, 0.6) is 0 Å². The number of nitrogens with zero attached hydrogens (tertiary/aromatic N) is 5. The van der Waals surface area contributed by atoms with Crippen LogP contribution >= 0.6 is 0 Å². The van der Waals surface area contributed by atoms with Gasteiger partial charge in [-0.05, 0) is 6.92 Å². The number of aryl methyl sites for hydroxylation is 1. The molecule has 2 aromatic rings. The molecule has 100 valence electrons. The van der Waals surface area contributed by atoms with E-state index < -0.39 is 0 Å². The van der Waals surface area contributed by atoms with Crippen molar-refractivity contribution >= 4 is 11.6 Å². The van der Waals surface area contributed by atoms with E-state index in [1.807, 2.05) is 26.2 Å². The molecule has 6 heteroatoms. The molecule has 0 aliphatic carbocycles. The van der Waals surface area contributed by atoms with Gasteiger partial charge in [0, 0.05) is 37.5 Å². The Bertz CT molecular complexity index is 603. The molecule has 3 rings (SSSR count). The summed E-state index contributed by atoms with van der Waals surface area (Å²) in [5, 5.41) is 0. The zero-order valence-electron chi connectivity index (χ0n) is 11.3. The van der Waals surface area contributed by atoms with Gasteiger partial charge in [0.25, 0.3) is 0 Å². The molecular formula is C13H18N6. The number of fused-ring (bicyclic) bond motifs is 1. The fourth-order valence-corrected chi connectivity index (χ4v) is 2.39. The minimum Gasteiger partial charge on any atom is -0.383 e. The van der Waals surface area contributed by atoms with E-state index in [0.717, 1.165) is 49.1 Å². The second-order valence-electron chi connectivity index (χ2n) is 4.79. The molecule has 0 bridgehead atoms. The van der Waals surface area contributed by atoms with Gasteiger partial charge in [-0.3, -0.25) is 0 Å². The van der Waals surface area contributed by atoms with Crippen LogP contribution in [0.2, 0.25) is 0 Å². The smallest absolute Gasteiger partial charge is 0.137 e. The van der Waals surface area contributed by atoms with Crippen LogP contribution in [0.4, 0.5) is 11.6 Å². The third-order valence-electron chi connectivity index (χ3n) is 3.56. The number of anilines is 2. The SMILES string of the molecule is CCc1nc(N)c(C)c(N2CCn3ccnc3C2)n1. The molecular weight excluding hydrogens is 240 g/mol. The van der Waals surface area contributed by atoms with E-state index in [9.17, 15) is 0 Å². The molecule has 0 fully saturated rings. The Hall–Kier alpha value is -2.11. The molecule has 0 radical (unpaired) electrons. The highest BCUT2D eigenvalue weighted by molar-refractivity contribution is 5.56. The largest absolute Gasteiger partial charge is 0.383 e. The summed E-state index contributed by atoms with van der Waals surface area (Å²) in [7, 11) is 0. The molecule has 19 heavy (non-hydrogen) atoms. The Labute approximate surface area is 112 Å². The van der Waals surface area contributed by atoms with Crippen LogP contribution in [-0.4, -0.2) is 26.1 Å². The third-order valence-corrected chi connectivity index (χ3v) is 3.56. The van der Waals surface area contributed by atoms with Gasteiger partial charge in [0.2, 0.25) is 0 Å². The summed E-state index contributed by atoms with van der Waals surface area (Å²) < 4.78 is 2.18.